The van der Waals surface area contributed by atoms with Crippen molar-refractivity contribution >= 4 is 36.8 Å². The first-order valence-electron chi connectivity index (χ1n) is 13.0. The molecular weight excluding hydrogens is 535 g/mol. The van der Waals surface area contributed by atoms with Crippen LogP contribution in [0.4, 0.5) is 0 Å². The number of nitrogens with one attached hydrogen (secondary N) is 2. The summed E-state index contributed by atoms with van der Waals surface area (Å²) in [5.41, 5.74) is -1.21. The van der Waals surface area contributed by atoms with Crippen LogP contribution in [0.2, 0.25) is 0 Å². The zero-order chi connectivity index (χ0) is 30.0. The van der Waals surface area contributed by atoms with Gasteiger partial charge in [0.2, 0.25) is 5.91 Å². The molecule has 0 radical (unpaired) electrons. The molecule has 1 aliphatic heterocycles. The zero-order valence-electron chi connectivity index (χ0n) is 23.3. The van der Waals surface area contributed by atoms with Gasteiger partial charge in [-0.15, -0.1) is 0 Å². The quantitative estimate of drug-likeness (QED) is 0.274. The summed E-state index contributed by atoms with van der Waals surface area (Å²) >= 11 is 0. The SMILES string of the molecule is COC(=O)C[C@@]1(C(=O)OC)CC(=O)OB([C@H](CC(C)C)NC(=O)[C@H](Cc2ccccc2)NC(=O)c2cnccn2)O1. The number of amides is 2. The number of hydrogen-bond acceptors (Lipinski definition) is 11. The second kappa shape index (κ2) is 14.3. The van der Waals surface area contributed by atoms with Gasteiger partial charge >= 0.3 is 19.1 Å². The summed E-state index contributed by atoms with van der Waals surface area (Å²) in [6.45, 7) is 3.76. The van der Waals surface area contributed by atoms with Crippen molar-refractivity contribution in [1.82, 2.24) is 20.6 Å². The van der Waals surface area contributed by atoms with Crippen LogP contribution in [0.5, 0.6) is 0 Å². The average Bonchev–Trinajstić information content (AvgIpc) is 2.96. The molecule has 1 aromatic carbocycles. The second-order valence-corrected chi connectivity index (χ2v) is 9.94. The van der Waals surface area contributed by atoms with E-state index in [-0.39, 0.29) is 24.5 Å². The Bertz CT molecular complexity index is 1230. The highest BCUT2D eigenvalue weighted by Crippen LogP contribution is 2.31. The number of benzene rings is 1. The van der Waals surface area contributed by atoms with Crippen LogP contribution in [0.15, 0.2) is 48.9 Å². The largest absolute Gasteiger partial charge is 0.552 e. The summed E-state index contributed by atoms with van der Waals surface area (Å²) in [5.74, 6) is -4.79. The molecule has 2 aromatic rings. The number of esters is 2. The molecule has 2 amide bonds. The Balaban J connectivity index is 1.89. The molecule has 1 aromatic heterocycles. The fraction of sp³-hybridized carbons (Fsp3) is 0.444. The summed E-state index contributed by atoms with van der Waals surface area (Å²) in [5, 5.41) is 5.51. The predicted octanol–water partition coefficient (Wildman–Crippen LogP) is 0.814. The van der Waals surface area contributed by atoms with Crippen molar-refractivity contribution in [1.29, 1.82) is 0 Å². The van der Waals surface area contributed by atoms with Crippen LogP contribution in [-0.4, -0.2) is 78.6 Å². The fourth-order valence-corrected chi connectivity index (χ4v) is 4.38. The number of carbonyl (C=O) groups is 5. The molecule has 3 rings (SSSR count). The Labute approximate surface area is 237 Å². The van der Waals surface area contributed by atoms with E-state index < -0.39 is 67.3 Å². The van der Waals surface area contributed by atoms with Gasteiger partial charge in [0.15, 0.2) is 5.60 Å². The van der Waals surface area contributed by atoms with Gasteiger partial charge in [-0.1, -0.05) is 44.2 Å². The predicted molar refractivity (Wildman–Crippen MR) is 144 cm³/mol. The highest BCUT2D eigenvalue weighted by atomic mass is 16.7. The molecule has 0 aliphatic carbocycles. The first kappa shape index (κ1) is 31.2. The molecule has 41 heavy (non-hydrogen) atoms. The maximum absolute atomic E-state index is 13.7. The molecule has 0 bridgehead atoms. The van der Waals surface area contributed by atoms with Crippen LogP contribution in [0.25, 0.3) is 0 Å². The van der Waals surface area contributed by atoms with E-state index in [9.17, 15) is 24.0 Å². The molecule has 14 heteroatoms. The number of rotatable bonds is 12. The number of ether oxygens (including phenoxy) is 2. The monoisotopic (exact) mass is 568 g/mol. The molecule has 0 spiro atoms. The molecule has 2 N–H and O–H groups in total. The number of carbonyl (C=O) groups excluding carboxylic acids is 5. The van der Waals surface area contributed by atoms with Gasteiger partial charge in [0.05, 0.1) is 39.2 Å². The molecular formula is C27H33BN4O9. The van der Waals surface area contributed by atoms with Crippen LogP contribution in [0.3, 0.4) is 0 Å². The highest BCUT2D eigenvalue weighted by molar-refractivity contribution is 6.50. The standard InChI is InChI=1S/C27H33BN4O9/c1-17(2)12-21(28-40-23(34)15-27(41-28,26(37)39-4)14-22(33)38-3)32-24(35)19(13-18-8-6-5-7-9-18)31-25(36)20-16-29-10-11-30-20/h5-11,16-17,19,21H,12-15H2,1-4H3,(H,31,36)(H,32,35)/t19-,21-,27-/m0/s1. The summed E-state index contributed by atoms with van der Waals surface area (Å²) in [6.07, 6.45) is 3.25. The smallest absolute Gasteiger partial charge is 0.508 e. The molecule has 1 saturated heterocycles. The van der Waals surface area contributed by atoms with Crippen LogP contribution < -0.4 is 10.6 Å². The lowest BCUT2D eigenvalue weighted by atomic mass is 9.70. The van der Waals surface area contributed by atoms with Crippen LogP contribution in [0, 0.1) is 5.92 Å². The minimum Gasteiger partial charge on any atom is -0.508 e. The highest BCUT2D eigenvalue weighted by Gasteiger charge is 2.55. The Morgan fingerprint density at radius 1 is 1.07 bits per heavy atom. The zero-order valence-corrected chi connectivity index (χ0v) is 23.3. The van der Waals surface area contributed by atoms with E-state index >= 15 is 0 Å². The molecule has 2 heterocycles. The van der Waals surface area contributed by atoms with E-state index in [2.05, 4.69) is 20.6 Å². The average molecular weight is 568 g/mol. The van der Waals surface area contributed by atoms with Crippen LogP contribution in [-0.2, 0) is 44.4 Å². The molecule has 0 unspecified atom stereocenters. The van der Waals surface area contributed by atoms with Gasteiger partial charge in [-0.25, -0.2) is 9.78 Å². The summed E-state index contributed by atoms with van der Waals surface area (Å²) in [4.78, 5) is 72.1. The van der Waals surface area contributed by atoms with Gasteiger partial charge < -0.3 is 29.4 Å². The topological polar surface area (TPSA) is 172 Å². The van der Waals surface area contributed by atoms with Crippen LogP contribution in [0.1, 0.15) is 49.2 Å². The van der Waals surface area contributed by atoms with Gasteiger partial charge in [0.1, 0.15) is 11.7 Å². The molecule has 1 fully saturated rings. The number of hydrogen-bond donors (Lipinski definition) is 2. The molecule has 13 nitrogen and oxygen atoms in total. The van der Waals surface area contributed by atoms with E-state index in [1.54, 1.807) is 12.1 Å². The number of aromatic nitrogens is 2. The minimum atomic E-state index is -2.01. The Hall–Kier alpha value is -4.33. The maximum atomic E-state index is 13.7. The second-order valence-electron chi connectivity index (χ2n) is 9.94. The Morgan fingerprint density at radius 3 is 2.41 bits per heavy atom. The van der Waals surface area contributed by atoms with Crippen molar-refractivity contribution in [2.45, 2.75) is 57.1 Å². The number of nitrogens with zero attached hydrogens (tertiary/aromatic N) is 2. The lowest BCUT2D eigenvalue weighted by molar-refractivity contribution is -0.178. The van der Waals surface area contributed by atoms with E-state index in [4.69, 9.17) is 18.8 Å². The first-order valence-corrected chi connectivity index (χ1v) is 13.0. The normalized spacial score (nSPS) is 18.1. The van der Waals surface area contributed by atoms with Gasteiger partial charge in [0, 0.05) is 18.8 Å². The van der Waals surface area contributed by atoms with E-state index in [1.165, 1.54) is 18.6 Å². The lowest BCUT2D eigenvalue weighted by Gasteiger charge is -2.39. The fourth-order valence-electron chi connectivity index (χ4n) is 4.38. The van der Waals surface area contributed by atoms with E-state index in [1.807, 2.05) is 32.0 Å². The molecule has 1 aliphatic rings. The Kier molecular flexibility index (Phi) is 10.9. The first-order chi connectivity index (χ1) is 19.6. The maximum Gasteiger partial charge on any atom is 0.552 e. The van der Waals surface area contributed by atoms with Crippen molar-refractivity contribution in [3.63, 3.8) is 0 Å². The van der Waals surface area contributed by atoms with Crippen LogP contribution >= 0.6 is 0 Å². The molecule has 0 saturated carbocycles. The summed E-state index contributed by atoms with van der Waals surface area (Å²) in [6, 6.07) is 7.99. The van der Waals surface area contributed by atoms with E-state index in [0.717, 1.165) is 19.8 Å². The minimum absolute atomic E-state index is 0.0207. The van der Waals surface area contributed by atoms with Crippen molar-refractivity contribution in [3.05, 3.63) is 60.2 Å². The van der Waals surface area contributed by atoms with E-state index in [0.29, 0.717) is 0 Å². The van der Waals surface area contributed by atoms with Crippen molar-refractivity contribution in [2.75, 3.05) is 14.2 Å². The van der Waals surface area contributed by atoms with Gasteiger partial charge in [-0.2, -0.15) is 0 Å². The summed E-state index contributed by atoms with van der Waals surface area (Å²) < 4.78 is 20.9. The molecule has 3 atom stereocenters. The summed E-state index contributed by atoms with van der Waals surface area (Å²) in [7, 11) is 0.788. The van der Waals surface area contributed by atoms with Crippen molar-refractivity contribution in [2.24, 2.45) is 5.92 Å². The Morgan fingerprint density at radius 2 is 1.80 bits per heavy atom. The van der Waals surface area contributed by atoms with Gasteiger partial charge in [-0.3, -0.25) is 24.2 Å². The lowest BCUT2D eigenvalue weighted by Crippen LogP contribution is -2.63. The third kappa shape index (κ3) is 8.58. The third-order valence-electron chi connectivity index (χ3n) is 6.32. The van der Waals surface area contributed by atoms with Gasteiger partial charge in [0.25, 0.3) is 11.9 Å². The van der Waals surface area contributed by atoms with Crippen molar-refractivity contribution in [3.8, 4) is 0 Å². The third-order valence-corrected chi connectivity index (χ3v) is 6.32. The molecule has 218 valence electrons. The number of methoxy groups -OCH3 is 2. The van der Waals surface area contributed by atoms with Crippen molar-refractivity contribution < 1.29 is 42.8 Å². The van der Waals surface area contributed by atoms with Gasteiger partial charge in [-0.05, 0) is 17.9 Å².